The number of amides is 1. The number of pyridine rings is 1. The normalized spacial score (nSPS) is 15.7. The average Bonchev–Trinajstić information content (AvgIpc) is 2.43. The highest BCUT2D eigenvalue weighted by atomic mass is 32.2. The van der Waals surface area contributed by atoms with E-state index in [4.69, 9.17) is 4.74 Å². The van der Waals surface area contributed by atoms with Crippen LogP contribution < -0.4 is 4.74 Å². The summed E-state index contributed by atoms with van der Waals surface area (Å²) in [5, 5.41) is -0.428. The number of hydrogen-bond acceptors (Lipinski definition) is 5. The summed E-state index contributed by atoms with van der Waals surface area (Å²) in [5.41, 5.74) is 0.448. The fraction of sp³-hybridized carbons (Fsp3) is 0.600. The Morgan fingerprint density at radius 2 is 2.09 bits per heavy atom. The second kappa shape index (κ2) is 6.64. The molecule has 0 saturated carbocycles. The van der Waals surface area contributed by atoms with E-state index in [0.29, 0.717) is 24.0 Å². The molecule has 7 heteroatoms. The quantitative estimate of drug-likeness (QED) is 0.789. The molecule has 0 N–H and O–H groups in total. The third kappa shape index (κ3) is 3.76. The highest BCUT2D eigenvalue weighted by molar-refractivity contribution is 7.92. The van der Waals surface area contributed by atoms with Gasteiger partial charge in [0.2, 0.25) is 5.88 Å². The second-order valence-electron chi connectivity index (χ2n) is 5.87. The third-order valence-electron chi connectivity index (χ3n) is 3.59. The van der Waals surface area contributed by atoms with Crippen LogP contribution in [0.25, 0.3) is 0 Å². The van der Waals surface area contributed by atoms with Crippen molar-refractivity contribution in [1.29, 1.82) is 0 Å². The Labute approximate surface area is 131 Å². The van der Waals surface area contributed by atoms with E-state index in [1.54, 1.807) is 19.1 Å². The summed E-state index contributed by atoms with van der Waals surface area (Å²) < 4.78 is 28.8. The third-order valence-corrected chi connectivity index (χ3v) is 5.71. The first-order valence-electron chi connectivity index (χ1n) is 7.43. The average molecular weight is 326 g/mol. The van der Waals surface area contributed by atoms with Crippen molar-refractivity contribution in [2.24, 2.45) is 5.92 Å². The molecule has 0 atom stereocenters. The van der Waals surface area contributed by atoms with E-state index in [9.17, 15) is 13.2 Å². The molecular weight excluding hydrogens is 304 g/mol. The SMILES string of the molecule is CCS(=O)(=O)C1CN(C(=O)c2ccc(OCC(C)C)nc2)C1. The van der Waals surface area contributed by atoms with Crippen LogP contribution in [0.1, 0.15) is 31.1 Å². The van der Waals surface area contributed by atoms with Gasteiger partial charge in [-0.3, -0.25) is 4.79 Å². The molecule has 0 aromatic carbocycles. The summed E-state index contributed by atoms with van der Waals surface area (Å²) in [7, 11) is -3.06. The Morgan fingerprint density at radius 3 is 2.59 bits per heavy atom. The lowest BCUT2D eigenvalue weighted by atomic mass is 10.1. The highest BCUT2D eigenvalue weighted by Crippen LogP contribution is 2.20. The fourth-order valence-electron chi connectivity index (χ4n) is 2.09. The maximum atomic E-state index is 12.2. The standard InChI is InChI=1S/C15H22N2O4S/c1-4-22(19,20)13-8-17(9-13)15(18)12-5-6-14(16-7-12)21-10-11(2)3/h5-7,11,13H,4,8-10H2,1-3H3. The first-order chi connectivity index (χ1) is 10.3. The zero-order valence-electron chi connectivity index (χ0n) is 13.2. The summed E-state index contributed by atoms with van der Waals surface area (Å²) in [4.78, 5) is 17.9. The largest absolute Gasteiger partial charge is 0.477 e. The molecule has 0 bridgehead atoms. The van der Waals surface area contributed by atoms with Gasteiger partial charge in [-0.25, -0.2) is 13.4 Å². The summed E-state index contributed by atoms with van der Waals surface area (Å²) in [6.07, 6.45) is 1.47. The molecule has 1 amide bonds. The number of rotatable bonds is 6. The van der Waals surface area contributed by atoms with Crippen LogP contribution in [0.4, 0.5) is 0 Å². The molecule has 0 unspecified atom stereocenters. The van der Waals surface area contributed by atoms with E-state index >= 15 is 0 Å². The molecule has 122 valence electrons. The van der Waals surface area contributed by atoms with E-state index in [1.807, 2.05) is 13.8 Å². The molecule has 2 heterocycles. The minimum Gasteiger partial charge on any atom is -0.477 e. The van der Waals surface area contributed by atoms with Crippen molar-refractivity contribution in [3.05, 3.63) is 23.9 Å². The number of carbonyl (C=O) groups excluding carboxylic acids is 1. The van der Waals surface area contributed by atoms with Gasteiger partial charge in [0, 0.05) is 31.1 Å². The monoisotopic (exact) mass is 326 g/mol. The van der Waals surface area contributed by atoms with Crippen molar-refractivity contribution in [3.8, 4) is 5.88 Å². The van der Waals surface area contributed by atoms with Gasteiger partial charge in [-0.15, -0.1) is 0 Å². The van der Waals surface area contributed by atoms with Crippen molar-refractivity contribution in [1.82, 2.24) is 9.88 Å². The fourth-order valence-corrected chi connectivity index (χ4v) is 3.38. The number of carbonyl (C=O) groups is 1. The van der Waals surface area contributed by atoms with Crippen molar-refractivity contribution in [2.45, 2.75) is 26.0 Å². The van der Waals surface area contributed by atoms with E-state index in [0.717, 1.165) is 0 Å². The Bertz CT molecular complexity index is 619. The summed E-state index contributed by atoms with van der Waals surface area (Å²) in [5.74, 6) is 0.816. The van der Waals surface area contributed by atoms with Crippen LogP contribution in [0.15, 0.2) is 18.3 Å². The minimum atomic E-state index is -3.06. The Hall–Kier alpha value is -1.63. The molecule has 1 aromatic heterocycles. The number of nitrogens with zero attached hydrogens (tertiary/aromatic N) is 2. The maximum absolute atomic E-state index is 12.2. The van der Waals surface area contributed by atoms with Gasteiger partial charge in [0.05, 0.1) is 17.4 Å². The molecule has 2 rings (SSSR count). The molecule has 0 aliphatic carbocycles. The van der Waals surface area contributed by atoms with Gasteiger partial charge in [-0.1, -0.05) is 20.8 Å². The molecular formula is C15H22N2O4S. The van der Waals surface area contributed by atoms with Crippen LogP contribution in [-0.2, 0) is 9.84 Å². The molecule has 22 heavy (non-hydrogen) atoms. The first-order valence-corrected chi connectivity index (χ1v) is 9.14. The molecule has 1 aliphatic rings. The van der Waals surface area contributed by atoms with Crippen molar-refractivity contribution in [2.75, 3.05) is 25.4 Å². The lowest BCUT2D eigenvalue weighted by Gasteiger charge is -2.38. The highest BCUT2D eigenvalue weighted by Gasteiger charge is 2.38. The zero-order valence-corrected chi connectivity index (χ0v) is 14.0. The Balaban J connectivity index is 1.92. The number of ether oxygens (including phenoxy) is 1. The molecule has 6 nitrogen and oxygen atoms in total. The van der Waals surface area contributed by atoms with E-state index in [1.165, 1.54) is 11.1 Å². The van der Waals surface area contributed by atoms with Crippen LogP contribution in [0.5, 0.6) is 5.88 Å². The van der Waals surface area contributed by atoms with Crippen LogP contribution in [0.3, 0.4) is 0 Å². The summed E-state index contributed by atoms with van der Waals surface area (Å²) in [6, 6.07) is 3.32. The number of likely N-dealkylation sites (tertiary alicyclic amines) is 1. The van der Waals surface area contributed by atoms with Crippen LogP contribution in [0, 0.1) is 5.92 Å². The van der Waals surface area contributed by atoms with Gasteiger partial charge in [0.1, 0.15) is 0 Å². The molecule has 1 aliphatic heterocycles. The molecule has 0 spiro atoms. The predicted octanol–water partition coefficient (Wildman–Crippen LogP) is 1.38. The van der Waals surface area contributed by atoms with E-state index in [2.05, 4.69) is 4.98 Å². The topological polar surface area (TPSA) is 76.6 Å². The molecule has 1 fully saturated rings. The number of hydrogen-bond donors (Lipinski definition) is 0. The van der Waals surface area contributed by atoms with Crippen molar-refractivity contribution >= 4 is 15.7 Å². The lowest BCUT2D eigenvalue weighted by molar-refractivity contribution is 0.0658. The smallest absolute Gasteiger partial charge is 0.255 e. The van der Waals surface area contributed by atoms with Crippen molar-refractivity contribution in [3.63, 3.8) is 0 Å². The number of sulfone groups is 1. The second-order valence-corrected chi connectivity index (χ2v) is 8.44. The lowest BCUT2D eigenvalue weighted by Crippen LogP contribution is -2.57. The van der Waals surface area contributed by atoms with Gasteiger partial charge in [-0.05, 0) is 12.0 Å². The van der Waals surface area contributed by atoms with Gasteiger partial charge >= 0.3 is 0 Å². The summed E-state index contributed by atoms with van der Waals surface area (Å²) >= 11 is 0. The van der Waals surface area contributed by atoms with Gasteiger partial charge < -0.3 is 9.64 Å². The van der Waals surface area contributed by atoms with Crippen LogP contribution >= 0.6 is 0 Å². The van der Waals surface area contributed by atoms with E-state index < -0.39 is 15.1 Å². The van der Waals surface area contributed by atoms with E-state index in [-0.39, 0.29) is 24.7 Å². The first kappa shape index (κ1) is 16.7. The van der Waals surface area contributed by atoms with Crippen molar-refractivity contribution < 1.29 is 17.9 Å². The predicted molar refractivity (Wildman–Crippen MR) is 83.7 cm³/mol. The maximum Gasteiger partial charge on any atom is 0.255 e. The summed E-state index contributed by atoms with van der Waals surface area (Å²) in [6.45, 7) is 6.81. The zero-order chi connectivity index (χ0) is 16.3. The number of aromatic nitrogens is 1. The minimum absolute atomic E-state index is 0.114. The molecule has 1 saturated heterocycles. The van der Waals surface area contributed by atoms with Gasteiger partial charge in [-0.2, -0.15) is 0 Å². The van der Waals surface area contributed by atoms with Gasteiger partial charge in [0.15, 0.2) is 9.84 Å². The Kier molecular flexibility index (Phi) is 5.05. The molecule has 0 radical (unpaired) electrons. The van der Waals surface area contributed by atoms with Crippen LogP contribution in [0.2, 0.25) is 0 Å². The van der Waals surface area contributed by atoms with Crippen LogP contribution in [-0.4, -0.2) is 54.9 Å². The Morgan fingerprint density at radius 1 is 1.41 bits per heavy atom. The molecule has 1 aromatic rings. The van der Waals surface area contributed by atoms with Gasteiger partial charge in [0.25, 0.3) is 5.91 Å².